The van der Waals surface area contributed by atoms with Crippen molar-refractivity contribution in [3.05, 3.63) is 30.1 Å². The maximum absolute atomic E-state index is 13.3. The van der Waals surface area contributed by atoms with Gasteiger partial charge in [-0.1, -0.05) is 18.6 Å². The number of halogens is 1. The van der Waals surface area contributed by atoms with Crippen molar-refractivity contribution >= 4 is 5.91 Å². The van der Waals surface area contributed by atoms with Gasteiger partial charge in [-0.05, 0) is 25.0 Å². The van der Waals surface area contributed by atoms with Crippen LogP contribution in [0.25, 0.3) is 0 Å². The number of ether oxygens (including phenoxy) is 1. The van der Waals surface area contributed by atoms with Crippen molar-refractivity contribution in [3.8, 4) is 5.75 Å². The summed E-state index contributed by atoms with van der Waals surface area (Å²) in [5.74, 6) is -0.189. The van der Waals surface area contributed by atoms with Gasteiger partial charge >= 0.3 is 0 Å². The Morgan fingerprint density at radius 1 is 1.45 bits per heavy atom. The Bertz CT molecular complexity index is 467. The SMILES string of the molecule is CN(CCOc1ccccc1F)C(=O)[C@@H]1CCC[C@H]1N. The highest BCUT2D eigenvalue weighted by molar-refractivity contribution is 5.79. The number of carbonyl (C=O) groups excluding carboxylic acids is 1. The predicted octanol–water partition coefficient (Wildman–Crippen LogP) is 1.79. The molecule has 0 aromatic heterocycles. The number of rotatable bonds is 5. The van der Waals surface area contributed by atoms with Gasteiger partial charge in [0.1, 0.15) is 6.61 Å². The molecule has 1 saturated carbocycles. The number of benzene rings is 1. The number of hydrogen-bond acceptors (Lipinski definition) is 3. The molecule has 1 aromatic rings. The molecule has 0 spiro atoms. The second-order valence-corrected chi connectivity index (χ2v) is 5.24. The zero-order valence-electron chi connectivity index (χ0n) is 11.7. The topological polar surface area (TPSA) is 55.6 Å². The molecule has 0 heterocycles. The van der Waals surface area contributed by atoms with Gasteiger partial charge in [0, 0.05) is 13.1 Å². The van der Waals surface area contributed by atoms with Gasteiger partial charge in [-0.3, -0.25) is 4.79 Å². The molecule has 1 aliphatic carbocycles. The maximum atomic E-state index is 13.3. The van der Waals surface area contributed by atoms with Crippen LogP contribution in [0.5, 0.6) is 5.75 Å². The molecule has 1 aliphatic rings. The minimum absolute atomic E-state index is 0.0302. The van der Waals surface area contributed by atoms with Gasteiger partial charge in [0.05, 0.1) is 12.5 Å². The molecule has 0 bridgehead atoms. The molecule has 1 fully saturated rings. The number of hydrogen-bond donors (Lipinski definition) is 1. The zero-order valence-corrected chi connectivity index (χ0v) is 11.7. The van der Waals surface area contributed by atoms with Crippen molar-refractivity contribution in [1.29, 1.82) is 0 Å². The molecule has 5 heteroatoms. The average Bonchev–Trinajstić information content (AvgIpc) is 2.86. The first-order valence-electron chi connectivity index (χ1n) is 6.97. The molecule has 1 amide bonds. The lowest BCUT2D eigenvalue weighted by atomic mass is 10.0. The molecule has 20 heavy (non-hydrogen) atoms. The summed E-state index contributed by atoms with van der Waals surface area (Å²) in [7, 11) is 1.73. The van der Waals surface area contributed by atoms with E-state index in [1.165, 1.54) is 6.07 Å². The molecule has 0 aliphatic heterocycles. The Hall–Kier alpha value is -1.62. The van der Waals surface area contributed by atoms with E-state index in [2.05, 4.69) is 0 Å². The van der Waals surface area contributed by atoms with E-state index in [0.29, 0.717) is 6.54 Å². The highest BCUT2D eigenvalue weighted by Gasteiger charge is 2.31. The van der Waals surface area contributed by atoms with E-state index in [1.54, 1.807) is 30.1 Å². The van der Waals surface area contributed by atoms with Crippen LogP contribution < -0.4 is 10.5 Å². The Kier molecular flexibility index (Phi) is 4.95. The van der Waals surface area contributed by atoms with Crippen LogP contribution in [0.1, 0.15) is 19.3 Å². The number of amides is 1. The van der Waals surface area contributed by atoms with Crippen molar-refractivity contribution in [2.24, 2.45) is 11.7 Å². The lowest BCUT2D eigenvalue weighted by molar-refractivity contribution is -0.134. The lowest BCUT2D eigenvalue weighted by Crippen LogP contribution is -2.41. The smallest absolute Gasteiger partial charge is 0.227 e. The first-order chi connectivity index (χ1) is 9.59. The molecule has 0 unspecified atom stereocenters. The van der Waals surface area contributed by atoms with Crippen molar-refractivity contribution in [2.45, 2.75) is 25.3 Å². The summed E-state index contributed by atoms with van der Waals surface area (Å²) in [6.45, 7) is 0.696. The van der Waals surface area contributed by atoms with Gasteiger partial charge in [-0.25, -0.2) is 4.39 Å². The summed E-state index contributed by atoms with van der Waals surface area (Å²) < 4.78 is 18.7. The normalized spacial score (nSPS) is 21.8. The zero-order chi connectivity index (χ0) is 14.5. The standard InChI is InChI=1S/C15H21FN2O2/c1-18(15(19)11-5-4-7-13(11)17)9-10-20-14-8-3-2-6-12(14)16/h2-3,6,8,11,13H,4-5,7,9-10,17H2,1H3/t11-,13-/m1/s1. The van der Waals surface area contributed by atoms with Gasteiger partial charge in [0.15, 0.2) is 11.6 Å². The monoisotopic (exact) mass is 280 g/mol. The summed E-state index contributed by atoms with van der Waals surface area (Å²) in [4.78, 5) is 13.8. The first kappa shape index (κ1) is 14.8. The van der Waals surface area contributed by atoms with E-state index in [9.17, 15) is 9.18 Å². The summed E-state index contributed by atoms with van der Waals surface area (Å²) in [5.41, 5.74) is 5.93. The third kappa shape index (κ3) is 3.48. The molecular weight excluding hydrogens is 259 g/mol. The highest BCUT2D eigenvalue weighted by Crippen LogP contribution is 2.25. The van der Waals surface area contributed by atoms with Crippen LogP contribution in [0, 0.1) is 11.7 Å². The number of nitrogens with two attached hydrogens (primary N) is 1. The van der Waals surface area contributed by atoms with E-state index in [-0.39, 0.29) is 36.0 Å². The average molecular weight is 280 g/mol. The number of likely N-dealkylation sites (N-methyl/N-ethyl adjacent to an activating group) is 1. The van der Waals surface area contributed by atoms with Gasteiger partial charge in [0.25, 0.3) is 0 Å². The van der Waals surface area contributed by atoms with Crippen LogP contribution in [0.4, 0.5) is 4.39 Å². The van der Waals surface area contributed by atoms with Crippen molar-refractivity contribution < 1.29 is 13.9 Å². The molecule has 2 N–H and O–H groups in total. The summed E-state index contributed by atoms with van der Waals surface area (Å²) in [5, 5.41) is 0. The fraction of sp³-hybridized carbons (Fsp3) is 0.533. The molecular formula is C15H21FN2O2. The molecule has 0 saturated heterocycles. The van der Waals surface area contributed by atoms with Crippen LogP contribution in [0.15, 0.2) is 24.3 Å². The third-order valence-electron chi connectivity index (χ3n) is 3.78. The Balaban J connectivity index is 1.79. The lowest BCUT2D eigenvalue weighted by Gasteiger charge is -2.23. The van der Waals surface area contributed by atoms with Crippen LogP contribution in [-0.2, 0) is 4.79 Å². The van der Waals surface area contributed by atoms with Crippen LogP contribution in [0.3, 0.4) is 0 Å². The maximum Gasteiger partial charge on any atom is 0.227 e. The van der Waals surface area contributed by atoms with Gasteiger partial charge in [0.2, 0.25) is 5.91 Å². The van der Waals surface area contributed by atoms with Crippen LogP contribution in [0.2, 0.25) is 0 Å². The van der Waals surface area contributed by atoms with Gasteiger partial charge in [-0.15, -0.1) is 0 Å². The summed E-state index contributed by atoms with van der Waals surface area (Å²) >= 11 is 0. The molecule has 0 radical (unpaired) electrons. The molecule has 2 rings (SSSR count). The van der Waals surface area contributed by atoms with Gasteiger partial charge in [-0.2, -0.15) is 0 Å². The largest absolute Gasteiger partial charge is 0.489 e. The minimum atomic E-state index is -0.390. The quantitative estimate of drug-likeness (QED) is 0.894. The minimum Gasteiger partial charge on any atom is -0.489 e. The second-order valence-electron chi connectivity index (χ2n) is 5.24. The molecule has 110 valence electrons. The highest BCUT2D eigenvalue weighted by atomic mass is 19.1. The third-order valence-corrected chi connectivity index (χ3v) is 3.78. The van der Waals surface area contributed by atoms with E-state index >= 15 is 0 Å². The van der Waals surface area contributed by atoms with Crippen molar-refractivity contribution in [2.75, 3.05) is 20.2 Å². The number of para-hydroxylation sites is 1. The van der Waals surface area contributed by atoms with Crippen molar-refractivity contribution in [3.63, 3.8) is 0 Å². The number of nitrogens with zero attached hydrogens (tertiary/aromatic N) is 1. The Morgan fingerprint density at radius 3 is 2.85 bits per heavy atom. The van der Waals surface area contributed by atoms with E-state index in [1.807, 2.05) is 0 Å². The first-order valence-corrected chi connectivity index (χ1v) is 6.97. The van der Waals surface area contributed by atoms with Gasteiger partial charge < -0.3 is 15.4 Å². The van der Waals surface area contributed by atoms with Crippen molar-refractivity contribution in [1.82, 2.24) is 4.90 Å². The fourth-order valence-electron chi connectivity index (χ4n) is 2.54. The molecule has 1 aromatic carbocycles. The van der Waals surface area contributed by atoms with E-state index in [4.69, 9.17) is 10.5 Å². The molecule has 4 nitrogen and oxygen atoms in total. The number of carbonyl (C=O) groups is 1. The Labute approximate surface area is 118 Å². The Morgan fingerprint density at radius 2 is 2.20 bits per heavy atom. The van der Waals surface area contributed by atoms with Crippen LogP contribution in [-0.4, -0.2) is 37.0 Å². The van der Waals surface area contributed by atoms with E-state index < -0.39 is 0 Å². The van der Waals surface area contributed by atoms with Crippen LogP contribution >= 0.6 is 0 Å². The fourth-order valence-corrected chi connectivity index (χ4v) is 2.54. The summed E-state index contributed by atoms with van der Waals surface area (Å²) in [6.07, 6.45) is 2.78. The van der Waals surface area contributed by atoms with E-state index in [0.717, 1.165) is 19.3 Å². The second kappa shape index (κ2) is 6.70. The molecule has 2 atom stereocenters. The predicted molar refractivity (Wildman–Crippen MR) is 74.8 cm³/mol. The summed E-state index contributed by atoms with van der Waals surface area (Å²) in [6, 6.07) is 6.22.